The van der Waals surface area contributed by atoms with Crippen LogP contribution >= 0.6 is 0 Å². The molecular weight excluding hydrogens is 643 g/mol. The number of carbonyl (C=O) groups is 6. The van der Waals surface area contributed by atoms with Gasteiger partial charge in [-0.15, -0.1) is 5.06 Å². The van der Waals surface area contributed by atoms with Crippen molar-refractivity contribution in [2.45, 2.75) is 76.4 Å². The van der Waals surface area contributed by atoms with Crippen molar-refractivity contribution >= 4 is 45.5 Å². The number of imide groups is 2. The Labute approximate surface area is 298 Å². The van der Waals surface area contributed by atoms with Crippen LogP contribution in [0.15, 0.2) is 24.3 Å². The number of hydroxylamine groups is 2. The molecule has 256 valence electrons. The topological polar surface area (TPSA) is 205 Å². The summed E-state index contributed by atoms with van der Waals surface area (Å²) in [5.74, 6) is -0.634. The number of nitrogens with two attached hydrogens (primary N) is 1. The van der Waals surface area contributed by atoms with Gasteiger partial charge in [-0.2, -0.15) is 0 Å². The van der Waals surface area contributed by atoms with Gasteiger partial charge in [0.25, 0.3) is 23.6 Å². The molecule has 0 spiro atoms. The summed E-state index contributed by atoms with van der Waals surface area (Å²) in [5.41, 5.74) is 4.50. The Bertz CT molecular complexity index is 1290. The second kappa shape index (κ2) is 19.1. The number of Topliss-reactive ketones (excluding diaryl/α,β-unsaturated/α-hetero) is 1. The Morgan fingerprint density at radius 2 is 1.17 bits per heavy atom. The summed E-state index contributed by atoms with van der Waals surface area (Å²) in [6.45, 7) is 2.93. The summed E-state index contributed by atoms with van der Waals surface area (Å²) < 4.78 is 33.0. The third-order valence-corrected chi connectivity index (χ3v) is 10.4. The maximum Gasteiger partial charge on any atom is 1.00 e. The summed E-state index contributed by atoms with van der Waals surface area (Å²) in [6.07, 6.45) is 12.2. The first-order chi connectivity index (χ1) is 21.8. The number of nitrogens with zero attached hydrogens (tertiary/aromatic N) is 3. The largest absolute Gasteiger partial charge is 1.00 e. The molecule has 0 aromatic heterocycles. The molecular formula is C31H45N4NaO10S. The van der Waals surface area contributed by atoms with Crippen LogP contribution in [-0.4, -0.2) is 102 Å². The molecule has 2 N–H and O–H groups in total. The zero-order chi connectivity index (χ0) is 34.0. The van der Waals surface area contributed by atoms with E-state index in [1.807, 2.05) is 6.92 Å². The predicted molar refractivity (Wildman–Crippen MR) is 164 cm³/mol. The SMILES string of the molecule is CCC(=O)C1CCC(CN2C(=O)C=CC2=O)CC1.CN.O=C(ON1CCC(S(=O)(=O)[O-])C1)C1CCC(CN2C(=O)C=CC2=O)CC1.[Na+]. The first kappa shape index (κ1) is 40.9. The molecule has 3 heterocycles. The van der Waals surface area contributed by atoms with E-state index in [1.165, 1.54) is 46.2 Å². The molecule has 2 saturated carbocycles. The maximum absolute atomic E-state index is 12.2. The van der Waals surface area contributed by atoms with Crippen molar-refractivity contribution in [3.8, 4) is 0 Å². The normalized spacial score (nSPS) is 27.5. The van der Waals surface area contributed by atoms with Gasteiger partial charge in [-0.25, -0.2) is 8.42 Å². The number of hydrogen-bond acceptors (Lipinski definition) is 12. The monoisotopic (exact) mass is 688 g/mol. The summed E-state index contributed by atoms with van der Waals surface area (Å²) in [4.78, 5) is 77.7. The van der Waals surface area contributed by atoms with Gasteiger partial charge in [0.05, 0.1) is 27.8 Å². The van der Waals surface area contributed by atoms with Crippen LogP contribution in [-0.2, 0) is 43.7 Å². The van der Waals surface area contributed by atoms with E-state index in [0.29, 0.717) is 56.9 Å². The van der Waals surface area contributed by atoms with Gasteiger partial charge in [0, 0.05) is 56.3 Å². The van der Waals surface area contributed by atoms with Crippen LogP contribution in [0.3, 0.4) is 0 Å². The Morgan fingerprint density at radius 3 is 1.53 bits per heavy atom. The third-order valence-electron chi connectivity index (χ3n) is 9.25. The van der Waals surface area contributed by atoms with Crippen LogP contribution in [0.5, 0.6) is 0 Å². The van der Waals surface area contributed by atoms with Crippen molar-refractivity contribution in [3.63, 3.8) is 0 Å². The van der Waals surface area contributed by atoms with Crippen LogP contribution in [0.25, 0.3) is 0 Å². The zero-order valence-corrected chi connectivity index (χ0v) is 30.3. The molecule has 47 heavy (non-hydrogen) atoms. The molecule has 0 aromatic rings. The number of hydrogen-bond donors (Lipinski definition) is 1. The number of rotatable bonds is 9. The van der Waals surface area contributed by atoms with Gasteiger partial charge in [0.2, 0.25) is 0 Å². The van der Waals surface area contributed by atoms with Crippen molar-refractivity contribution in [1.29, 1.82) is 0 Å². The Hall–Kier alpha value is -2.27. The van der Waals surface area contributed by atoms with E-state index in [4.69, 9.17) is 4.84 Å². The summed E-state index contributed by atoms with van der Waals surface area (Å²) in [5, 5.41) is 0.220. The van der Waals surface area contributed by atoms with E-state index < -0.39 is 21.3 Å². The zero-order valence-electron chi connectivity index (χ0n) is 27.5. The van der Waals surface area contributed by atoms with Gasteiger partial charge in [-0.05, 0) is 76.7 Å². The quantitative estimate of drug-likeness (QED) is 0.160. The average Bonchev–Trinajstić information content (AvgIpc) is 3.74. The molecule has 3 fully saturated rings. The molecule has 0 aromatic carbocycles. The van der Waals surface area contributed by atoms with Crippen molar-refractivity contribution < 1.29 is 76.1 Å². The minimum absolute atomic E-state index is 0. The second-order valence-corrected chi connectivity index (χ2v) is 13.9. The second-order valence-electron chi connectivity index (χ2n) is 12.2. The fourth-order valence-electron chi connectivity index (χ4n) is 6.49. The fourth-order valence-corrected chi connectivity index (χ4v) is 7.24. The Kier molecular flexibility index (Phi) is 16.6. The van der Waals surface area contributed by atoms with Crippen molar-refractivity contribution in [2.24, 2.45) is 29.4 Å². The number of ketones is 1. The molecule has 1 atom stereocenters. The van der Waals surface area contributed by atoms with Crippen LogP contribution in [0.1, 0.15) is 71.1 Å². The summed E-state index contributed by atoms with van der Waals surface area (Å²) in [6, 6.07) is 0. The minimum Gasteiger partial charge on any atom is -0.748 e. The third kappa shape index (κ3) is 11.7. The number of amides is 4. The van der Waals surface area contributed by atoms with E-state index in [0.717, 1.165) is 25.7 Å². The molecule has 4 amide bonds. The molecule has 5 aliphatic rings. The maximum atomic E-state index is 12.2. The Balaban J connectivity index is 0.000000322. The van der Waals surface area contributed by atoms with E-state index in [1.54, 1.807) is 0 Å². The van der Waals surface area contributed by atoms with Gasteiger partial charge < -0.3 is 15.1 Å². The van der Waals surface area contributed by atoms with Gasteiger partial charge >= 0.3 is 35.5 Å². The summed E-state index contributed by atoms with van der Waals surface area (Å²) >= 11 is 0. The average molecular weight is 689 g/mol. The van der Waals surface area contributed by atoms with Crippen LogP contribution < -0.4 is 35.3 Å². The van der Waals surface area contributed by atoms with E-state index in [9.17, 15) is 41.7 Å². The molecule has 16 heteroatoms. The van der Waals surface area contributed by atoms with Crippen molar-refractivity contribution in [1.82, 2.24) is 14.9 Å². The predicted octanol–water partition coefficient (Wildman–Crippen LogP) is -1.93. The van der Waals surface area contributed by atoms with E-state index >= 15 is 0 Å². The molecule has 14 nitrogen and oxygen atoms in total. The minimum atomic E-state index is -4.37. The molecule has 5 rings (SSSR count). The molecule has 0 radical (unpaired) electrons. The molecule has 1 saturated heterocycles. The van der Waals surface area contributed by atoms with Crippen molar-refractivity contribution in [3.05, 3.63) is 24.3 Å². The standard InChI is InChI=1S/C16H22N2O7S.C14H19NO3.CH5N.Na/c19-14-5-6-15(20)18(14)9-11-1-3-12(4-2-11)16(21)25-17-8-7-13(10-17)26(22,23)24;1-2-12(16)11-5-3-10(4-6-11)9-15-13(17)7-8-14(15)18;1-2;/h5-6,11-13H,1-4,7-10H2,(H,22,23,24);7-8,10-11H,2-6,9H2,1H3;2H2,1H3;/q;;;+1/p-1. The van der Waals surface area contributed by atoms with Crippen LogP contribution in [0.2, 0.25) is 0 Å². The van der Waals surface area contributed by atoms with Crippen LogP contribution in [0.4, 0.5) is 0 Å². The molecule has 3 aliphatic heterocycles. The molecule has 2 aliphatic carbocycles. The van der Waals surface area contributed by atoms with Gasteiger partial charge in [0.15, 0.2) is 0 Å². The number of carbonyl (C=O) groups excluding carboxylic acids is 6. The van der Waals surface area contributed by atoms with Crippen LogP contribution in [0, 0.1) is 23.7 Å². The van der Waals surface area contributed by atoms with Gasteiger partial charge in [0.1, 0.15) is 5.78 Å². The van der Waals surface area contributed by atoms with E-state index in [2.05, 4.69) is 5.73 Å². The van der Waals surface area contributed by atoms with E-state index in [-0.39, 0.29) is 90.5 Å². The summed E-state index contributed by atoms with van der Waals surface area (Å²) in [7, 11) is -2.87. The molecule has 1 unspecified atom stereocenters. The van der Waals surface area contributed by atoms with Crippen molar-refractivity contribution in [2.75, 3.05) is 33.2 Å². The fraction of sp³-hybridized carbons (Fsp3) is 0.677. The first-order valence-corrected chi connectivity index (χ1v) is 17.4. The first-order valence-electron chi connectivity index (χ1n) is 15.9. The van der Waals surface area contributed by atoms with Gasteiger partial charge in [-0.1, -0.05) is 6.92 Å². The Morgan fingerprint density at radius 1 is 0.766 bits per heavy atom. The molecule has 0 bridgehead atoms. The smallest absolute Gasteiger partial charge is 0.748 e. The van der Waals surface area contributed by atoms with Gasteiger partial charge in [-0.3, -0.25) is 38.6 Å².